The highest BCUT2D eigenvalue weighted by molar-refractivity contribution is 5.22. The first-order valence-corrected chi connectivity index (χ1v) is 3.83. The van der Waals surface area contributed by atoms with Crippen molar-refractivity contribution >= 4 is 0 Å². The highest BCUT2D eigenvalue weighted by Gasteiger charge is 1.82. The molecule has 0 unspecified atom stereocenters. The van der Waals surface area contributed by atoms with Crippen LogP contribution in [0.15, 0.2) is 36.5 Å². The summed E-state index contributed by atoms with van der Waals surface area (Å²) in [7, 11) is 0. The van der Waals surface area contributed by atoms with Crippen LogP contribution in [0.25, 0.3) is 0 Å². The number of allylic oxidation sites excluding steroid dienone is 5. The van der Waals surface area contributed by atoms with E-state index < -0.39 is 0 Å². The van der Waals surface area contributed by atoms with Gasteiger partial charge in [-0.3, -0.25) is 0 Å². The first kappa shape index (κ1) is 12.9. The minimum absolute atomic E-state index is 0. The quantitative estimate of drug-likeness (QED) is 0.532. The molecule has 0 saturated carbocycles. The van der Waals surface area contributed by atoms with Crippen molar-refractivity contribution in [2.24, 2.45) is 0 Å². The summed E-state index contributed by atoms with van der Waals surface area (Å²) in [5.74, 6) is 0. The van der Waals surface area contributed by atoms with Gasteiger partial charge in [0, 0.05) is 0 Å². The van der Waals surface area contributed by atoms with Crippen LogP contribution in [-0.4, -0.2) is 0 Å². The standard InChI is InChI=1S/C10H16.CH4/c1-4-7-9-10(6-3)8-5-2;/h5,7-9H,2,4,6H2,1,3H3;1H4/b9-7-,10-8-;. The van der Waals surface area contributed by atoms with Crippen LogP contribution in [0.5, 0.6) is 0 Å². The maximum absolute atomic E-state index is 3.65. The molecule has 0 spiro atoms. The molecule has 0 nitrogen and oxygen atoms in total. The lowest BCUT2D eigenvalue weighted by Crippen LogP contribution is -1.71. The average Bonchev–Trinajstić information content (AvgIpc) is 1.98. The molecule has 0 heterocycles. The van der Waals surface area contributed by atoms with Crippen molar-refractivity contribution in [3.8, 4) is 0 Å². The summed E-state index contributed by atoms with van der Waals surface area (Å²) in [6, 6.07) is 0. The summed E-state index contributed by atoms with van der Waals surface area (Å²) >= 11 is 0. The van der Waals surface area contributed by atoms with Crippen LogP contribution in [0.4, 0.5) is 0 Å². The van der Waals surface area contributed by atoms with E-state index in [2.05, 4.69) is 32.6 Å². The molecule has 64 valence electrons. The van der Waals surface area contributed by atoms with Gasteiger partial charge in [-0.05, 0) is 18.4 Å². The zero-order valence-corrected chi connectivity index (χ0v) is 6.93. The Morgan fingerprint density at radius 1 is 1.36 bits per heavy atom. The maximum atomic E-state index is 3.65. The Morgan fingerprint density at radius 3 is 2.36 bits per heavy atom. The van der Waals surface area contributed by atoms with Crippen LogP contribution in [0.1, 0.15) is 34.1 Å². The SMILES string of the molecule is C.C=C/C=C(\C=C/CC)CC. The molecule has 0 aromatic rings. The van der Waals surface area contributed by atoms with Crippen LogP contribution in [0, 0.1) is 0 Å². The molecule has 0 aromatic heterocycles. The second-order valence-electron chi connectivity index (χ2n) is 2.14. The lowest BCUT2D eigenvalue weighted by molar-refractivity contribution is 1.13. The predicted octanol–water partition coefficient (Wildman–Crippen LogP) is 4.11. The Kier molecular flexibility index (Phi) is 10.8. The molecular formula is C11H20. The molecule has 0 N–H and O–H groups in total. The van der Waals surface area contributed by atoms with Crippen LogP contribution in [0.2, 0.25) is 0 Å². The Morgan fingerprint density at radius 2 is 2.00 bits per heavy atom. The summed E-state index contributed by atoms with van der Waals surface area (Å²) in [6.45, 7) is 7.93. The van der Waals surface area contributed by atoms with Gasteiger partial charge < -0.3 is 0 Å². The minimum atomic E-state index is 0. The van der Waals surface area contributed by atoms with E-state index in [4.69, 9.17) is 0 Å². The third kappa shape index (κ3) is 7.11. The zero-order valence-electron chi connectivity index (χ0n) is 6.93. The Bertz CT molecular complexity index is 138. The molecule has 11 heavy (non-hydrogen) atoms. The van der Waals surface area contributed by atoms with Crippen molar-refractivity contribution in [2.45, 2.75) is 34.1 Å². The van der Waals surface area contributed by atoms with Crippen molar-refractivity contribution < 1.29 is 0 Å². The fraction of sp³-hybridized carbons (Fsp3) is 0.455. The van der Waals surface area contributed by atoms with Crippen LogP contribution >= 0.6 is 0 Å². The number of hydrogen-bond acceptors (Lipinski definition) is 0. The molecule has 0 heteroatoms. The molecule has 0 aliphatic carbocycles. The summed E-state index contributed by atoms with van der Waals surface area (Å²) in [4.78, 5) is 0. The van der Waals surface area contributed by atoms with E-state index in [1.807, 2.05) is 12.2 Å². The van der Waals surface area contributed by atoms with Crippen molar-refractivity contribution in [3.05, 3.63) is 36.5 Å². The third-order valence-corrected chi connectivity index (χ3v) is 1.31. The van der Waals surface area contributed by atoms with Crippen molar-refractivity contribution in [1.29, 1.82) is 0 Å². The van der Waals surface area contributed by atoms with E-state index in [1.54, 1.807) is 0 Å². The molecule has 0 bridgehead atoms. The van der Waals surface area contributed by atoms with Gasteiger partial charge in [0.1, 0.15) is 0 Å². The highest BCUT2D eigenvalue weighted by Crippen LogP contribution is 2.02. The first-order chi connectivity index (χ1) is 4.85. The molecular weight excluding hydrogens is 132 g/mol. The maximum Gasteiger partial charge on any atom is -0.0308 e. The second-order valence-corrected chi connectivity index (χ2v) is 2.14. The minimum Gasteiger partial charge on any atom is -0.0991 e. The fourth-order valence-corrected chi connectivity index (χ4v) is 0.712. The number of hydrogen-bond donors (Lipinski definition) is 0. The van der Waals surface area contributed by atoms with Gasteiger partial charge in [-0.2, -0.15) is 0 Å². The summed E-state index contributed by atoms with van der Waals surface area (Å²) in [5, 5.41) is 0. The zero-order chi connectivity index (χ0) is 7.82. The molecule has 0 aliphatic rings. The van der Waals surface area contributed by atoms with Gasteiger partial charge in [0.15, 0.2) is 0 Å². The van der Waals surface area contributed by atoms with Crippen molar-refractivity contribution in [3.63, 3.8) is 0 Å². The smallest absolute Gasteiger partial charge is 0.0308 e. The fourth-order valence-electron chi connectivity index (χ4n) is 0.712. The van der Waals surface area contributed by atoms with Crippen LogP contribution in [-0.2, 0) is 0 Å². The molecule has 0 fully saturated rings. The first-order valence-electron chi connectivity index (χ1n) is 3.83. The molecule has 0 aromatic carbocycles. The Labute approximate surface area is 71.3 Å². The Balaban J connectivity index is 0. The van der Waals surface area contributed by atoms with E-state index >= 15 is 0 Å². The van der Waals surface area contributed by atoms with Crippen LogP contribution in [0.3, 0.4) is 0 Å². The average molecular weight is 152 g/mol. The topological polar surface area (TPSA) is 0 Å². The summed E-state index contributed by atoms with van der Waals surface area (Å²) in [6.07, 6.45) is 10.4. The van der Waals surface area contributed by atoms with Crippen LogP contribution < -0.4 is 0 Å². The molecule has 0 radical (unpaired) electrons. The largest absolute Gasteiger partial charge is 0.0991 e. The molecule has 0 saturated heterocycles. The van der Waals surface area contributed by atoms with Gasteiger partial charge in [-0.15, -0.1) is 0 Å². The van der Waals surface area contributed by atoms with Crippen molar-refractivity contribution in [1.82, 2.24) is 0 Å². The van der Waals surface area contributed by atoms with E-state index in [-0.39, 0.29) is 7.43 Å². The lowest BCUT2D eigenvalue weighted by atomic mass is 10.1. The van der Waals surface area contributed by atoms with E-state index in [0.29, 0.717) is 0 Å². The van der Waals surface area contributed by atoms with Crippen molar-refractivity contribution in [2.75, 3.05) is 0 Å². The predicted molar refractivity (Wildman–Crippen MR) is 54.7 cm³/mol. The molecule has 0 rings (SSSR count). The van der Waals surface area contributed by atoms with E-state index in [9.17, 15) is 0 Å². The van der Waals surface area contributed by atoms with E-state index in [0.717, 1.165) is 12.8 Å². The van der Waals surface area contributed by atoms with Gasteiger partial charge in [0.2, 0.25) is 0 Å². The van der Waals surface area contributed by atoms with E-state index in [1.165, 1.54) is 5.57 Å². The van der Waals surface area contributed by atoms with Gasteiger partial charge in [0.05, 0.1) is 0 Å². The van der Waals surface area contributed by atoms with Gasteiger partial charge in [-0.1, -0.05) is 52.2 Å². The van der Waals surface area contributed by atoms with Gasteiger partial charge in [0.25, 0.3) is 0 Å². The molecule has 0 amide bonds. The summed E-state index contributed by atoms with van der Waals surface area (Å²) < 4.78 is 0. The highest BCUT2D eigenvalue weighted by atomic mass is 13.9. The number of rotatable bonds is 4. The lowest BCUT2D eigenvalue weighted by Gasteiger charge is -1.92. The Hall–Kier alpha value is -0.780. The normalized spacial score (nSPS) is 11.3. The van der Waals surface area contributed by atoms with Gasteiger partial charge >= 0.3 is 0 Å². The monoisotopic (exact) mass is 152 g/mol. The molecule has 0 aliphatic heterocycles. The van der Waals surface area contributed by atoms with Gasteiger partial charge in [-0.25, -0.2) is 0 Å². The third-order valence-electron chi connectivity index (χ3n) is 1.31. The summed E-state index contributed by atoms with van der Waals surface area (Å²) in [5.41, 5.74) is 1.34. The molecule has 0 atom stereocenters. The second kappa shape index (κ2) is 9.22.